The van der Waals surface area contributed by atoms with E-state index in [9.17, 15) is 9.59 Å². The molecule has 0 unspecified atom stereocenters. The standard InChI is InChI=1S/C20H23N3O2S/c1-22(10-11-26-18-7-3-2-4-8-18)20(25)17-12-19(24)23(15-17)14-16-6-5-9-21-13-16/h2-9,13,17H,10-12,14-15H2,1H3/t17-/m1/s1. The van der Waals surface area contributed by atoms with E-state index >= 15 is 0 Å². The van der Waals surface area contributed by atoms with E-state index in [0.717, 1.165) is 11.3 Å². The second kappa shape index (κ2) is 8.85. The van der Waals surface area contributed by atoms with Crippen molar-refractivity contribution in [3.8, 4) is 0 Å². The van der Waals surface area contributed by atoms with Gasteiger partial charge in [-0.15, -0.1) is 11.8 Å². The summed E-state index contributed by atoms with van der Waals surface area (Å²) in [6, 6.07) is 14.0. The van der Waals surface area contributed by atoms with Crippen LogP contribution in [-0.2, 0) is 16.1 Å². The number of aromatic nitrogens is 1. The second-order valence-electron chi connectivity index (χ2n) is 6.46. The van der Waals surface area contributed by atoms with Crippen molar-refractivity contribution in [2.75, 3.05) is 25.9 Å². The lowest BCUT2D eigenvalue weighted by Gasteiger charge is -2.21. The second-order valence-corrected chi connectivity index (χ2v) is 7.63. The molecule has 6 heteroatoms. The third kappa shape index (κ3) is 4.85. The molecule has 1 saturated heterocycles. The van der Waals surface area contributed by atoms with Gasteiger partial charge in [-0.3, -0.25) is 14.6 Å². The van der Waals surface area contributed by atoms with E-state index in [1.807, 2.05) is 37.4 Å². The number of hydrogen-bond donors (Lipinski definition) is 0. The van der Waals surface area contributed by atoms with Gasteiger partial charge in [0.1, 0.15) is 0 Å². The van der Waals surface area contributed by atoms with Crippen LogP contribution >= 0.6 is 11.8 Å². The van der Waals surface area contributed by atoms with E-state index in [0.29, 0.717) is 26.1 Å². The van der Waals surface area contributed by atoms with Crippen molar-refractivity contribution in [3.05, 3.63) is 60.4 Å². The lowest BCUT2D eigenvalue weighted by molar-refractivity contribution is -0.134. The van der Waals surface area contributed by atoms with Gasteiger partial charge < -0.3 is 9.80 Å². The van der Waals surface area contributed by atoms with E-state index in [2.05, 4.69) is 17.1 Å². The van der Waals surface area contributed by atoms with Crippen LogP contribution < -0.4 is 0 Å². The maximum absolute atomic E-state index is 12.7. The zero-order chi connectivity index (χ0) is 18.4. The minimum absolute atomic E-state index is 0.0410. The molecule has 1 aliphatic rings. The maximum atomic E-state index is 12.7. The van der Waals surface area contributed by atoms with Gasteiger partial charge in [0, 0.05) is 56.1 Å². The van der Waals surface area contributed by atoms with E-state index < -0.39 is 0 Å². The lowest BCUT2D eigenvalue weighted by Crippen LogP contribution is -2.35. The highest BCUT2D eigenvalue weighted by atomic mass is 32.2. The summed E-state index contributed by atoms with van der Waals surface area (Å²) < 4.78 is 0. The number of likely N-dealkylation sites (tertiary alicyclic amines) is 1. The molecule has 1 aromatic heterocycles. The fraction of sp³-hybridized carbons (Fsp3) is 0.350. The van der Waals surface area contributed by atoms with Gasteiger partial charge in [-0.25, -0.2) is 0 Å². The molecule has 0 bridgehead atoms. The van der Waals surface area contributed by atoms with Crippen LogP contribution in [0.2, 0.25) is 0 Å². The lowest BCUT2D eigenvalue weighted by atomic mass is 10.1. The minimum Gasteiger partial charge on any atom is -0.345 e. The Kier molecular flexibility index (Phi) is 6.28. The normalized spacial score (nSPS) is 16.7. The van der Waals surface area contributed by atoms with Gasteiger partial charge in [-0.1, -0.05) is 24.3 Å². The molecule has 0 aliphatic carbocycles. The number of benzene rings is 1. The molecule has 2 amide bonds. The Hall–Kier alpha value is -2.34. The zero-order valence-corrected chi connectivity index (χ0v) is 15.7. The van der Waals surface area contributed by atoms with Gasteiger partial charge in [0.05, 0.1) is 5.92 Å². The Morgan fingerprint density at radius 2 is 2.08 bits per heavy atom. The fourth-order valence-corrected chi connectivity index (χ4v) is 3.99. The van der Waals surface area contributed by atoms with Crippen LogP contribution in [0, 0.1) is 5.92 Å². The van der Waals surface area contributed by atoms with Crippen molar-refractivity contribution in [2.24, 2.45) is 5.92 Å². The quantitative estimate of drug-likeness (QED) is 0.704. The Morgan fingerprint density at radius 3 is 2.81 bits per heavy atom. The van der Waals surface area contributed by atoms with Crippen LogP contribution in [-0.4, -0.2) is 52.5 Å². The van der Waals surface area contributed by atoms with Crippen LogP contribution in [0.15, 0.2) is 59.8 Å². The first-order valence-corrected chi connectivity index (χ1v) is 9.71. The summed E-state index contributed by atoms with van der Waals surface area (Å²) >= 11 is 1.73. The van der Waals surface area contributed by atoms with Crippen molar-refractivity contribution in [2.45, 2.75) is 17.9 Å². The first-order valence-electron chi connectivity index (χ1n) is 8.73. The highest BCUT2D eigenvalue weighted by Crippen LogP contribution is 2.22. The molecule has 0 N–H and O–H groups in total. The molecule has 1 aromatic carbocycles. The topological polar surface area (TPSA) is 53.5 Å². The van der Waals surface area contributed by atoms with Gasteiger partial charge in [0.15, 0.2) is 0 Å². The molecular formula is C20H23N3O2S. The van der Waals surface area contributed by atoms with Crippen molar-refractivity contribution in [3.63, 3.8) is 0 Å². The summed E-state index contributed by atoms with van der Waals surface area (Å²) in [7, 11) is 1.82. The molecule has 0 radical (unpaired) electrons. The van der Waals surface area contributed by atoms with Crippen LogP contribution in [0.4, 0.5) is 0 Å². The van der Waals surface area contributed by atoms with Gasteiger partial charge >= 0.3 is 0 Å². The first kappa shape index (κ1) is 18.5. The van der Waals surface area contributed by atoms with Gasteiger partial charge in [0.2, 0.25) is 11.8 Å². The highest BCUT2D eigenvalue weighted by Gasteiger charge is 2.35. The number of nitrogens with zero attached hydrogens (tertiary/aromatic N) is 3. The number of carbonyl (C=O) groups excluding carboxylic acids is 2. The molecule has 2 aromatic rings. The minimum atomic E-state index is -0.245. The van der Waals surface area contributed by atoms with Crippen molar-refractivity contribution >= 4 is 23.6 Å². The highest BCUT2D eigenvalue weighted by molar-refractivity contribution is 7.99. The summed E-state index contributed by atoms with van der Waals surface area (Å²) in [6.45, 7) is 1.68. The predicted molar refractivity (Wildman–Crippen MR) is 103 cm³/mol. The van der Waals surface area contributed by atoms with E-state index in [4.69, 9.17) is 0 Å². The molecule has 1 aliphatic heterocycles. The Balaban J connectivity index is 1.47. The SMILES string of the molecule is CN(CCSc1ccccc1)C(=O)[C@@H]1CC(=O)N(Cc2cccnc2)C1. The molecule has 3 rings (SSSR count). The average Bonchev–Trinajstić information content (AvgIpc) is 3.03. The Bertz CT molecular complexity index is 739. The number of thioether (sulfide) groups is 1. The summed E-state index contributed by atoms with van der Waals surface area (Å²) in [6.07, 6.45) is 3.77. The largest absolute Gasteiger partial charge is 0.345 e. The van der Waals surface area contributed by atoms with E-state index in [1.54, 1.807) is 34.0 Å². The molecule has 2 heterocycles. The third-order valence-electron chi connectivity index (χ3n) is 4.47. The number of amides is 2. The molecule has 136 valence electrons. The van der Waals surface area contributed by atoms with Crippen LogP contribution in [0.1, 0.15) is 12.0 Å². The smallest absolute Gasteiger partial charge is 0.227 e. The molecule has 5 nitrogen and oxygen atoms in total. The molecular weight excluding hydrogens is 346 g/mol. The number of carbonyl (C=O) groups is 2. The third-order valence-corrected chi connectivity index (χ3v) is 5.47. The van der Waals surface area contributed by atoms with Crippen LogP contribution in [0.3, 0.4) is 0 Å². The summed E-state index contributed by atoms with van der Waals surface area (Å²) in [4.78, 5) is 33.7. The van der Waals surface area contributed by atoms with Gasteiger partial charge in [-0.05, 0) is 23.8 Å². The number of rotatable bonds is 7. The van der Waals surface area contributed by atoms with Crippen molar-refractivity contribution in [1.29, 1.82) is 0 Å². The summed E-state index contributed by atoms with van der Waals surface area (Å²) in [5.41, 5.74) is 0.988. The fourth-order valence-electron chi connectivity index (χ4n) is 3.04. The van der Waals surface area contributed by atoms with Gasteiger partial charge in [0.25, 0.3) is 0 Å². The van der Waals surface area contributed by atoms with Crippen LogP contribution in [0.25, 0.3) is 0 Å². The molecule has 0 saturated carbocycles. The monoisotopic (exact) mass is 369 g/mol. The Labute approximate surface area is 158 Å². The predicted octanol–water partition coefficient (Wildman–Crippen LogP) is 2.68. The number of hydrogen-bond acceptors (Lipinski definition) is 4. The summed E-state index contributed by atoms with van der Waals surface area (Å²) in [5.74, 6) is 0.692. The maximum Gasteiger partial charge on any atom is 0.227 e. The Morgan fingerprint density at radius 1 is 1.27 bits per heavy atom. The first-order chi connectivity index (χ1) is 12.6. The zero-order valence-electron chi connectivity index (χ0n) is 14.9. The van der Waals surface area contributed by atoms with Crippen LogP contribution in [0.5, 0.6) is 0 Å². The molecule has 26 heavy (non-hydrogen) atoms. The number of pyridine rings is 1. The van der Waals surface area contributed by atoms with E-state index in [-0.39, 0.29) is 17.7 Å². The van der Waals surface area contributed by atoms with Gasteiger partial charge in [-0.2, -0.15) is 0 Å². The van der Waals surface area contributed by atoms with E-state index in [1.165, 1.54) is 4.90 Å². The van der Waals surface area contributed by atoms with Crippen molar-refractivity contribution in [1.82, 2.24) is 14.8 Å². The van der Waals surface area contributed by atoms with Crippen molar-refractivity contribution < 1.29 is 9.59 Å². The summed E-state index contributed by atoms with van der Waals surface area (Å²) in [5, 5.41) is 0. The molecule has 0 spiro atoms. The average molecular weight is 369 g/mol. The molecule has 1 fully saturated rings. The molecule has 1 atom stereocenters.